The lowest BCUT2D eigenvalue weighted by atomic mass is 10.2. The van der Waals surface area contributed by atoms with E-state index < -0.39 is 0 Å². The van der Waals surface area contributed by atoms with Crippen LogP contribution in [-0.2, 0) is 4.74 Å². The summed E-state index contributed by atoms with van der Waals surface area (Å²) in [5.74, 6) is 0.954. The Morgan fingerprint density at radius 2 is 2.33 bits per heavy atom. The van der Waals surface area contributed by atoms with Gasteiger partial charge in [-0.15, -0.1) is 0 Å². The molecule has 0 radical (unpaired) electrons. The summed E-state index contributed by atoms with van der Waals surface area (Å²) < 4.78 is 5.03. The molecule has 0 heterocycles. The summed E-state index contributed by atoms with van der Waals surface area (Å²) in [6, 6.07) is 1.42. The van der Waals surface area contributed by atoms with Gasteiger partial charge in [0.05, 0.1) is 0 Å². The van der Waals surface area contributed by atoms with E-state index in [-0.39, 0.29) is 0 Å². The second-order valence-electron chi connectivity index (χ2n) is 3.86. The molecule has 1 aliphatic carbocycles. The topological polar surface area (TPSA) is 21.3 Å². The van der Waals surface area contributed by atoms with Gasteiger partial charge in [0, 0.05) is 25.8 Å². The Hall–Kier alpha value is -0.0800. The van der Waals surface area contributed by atoms with Gasteiger partial charge in [0.15, 0.2) is 0 Å². The number of ether oxygens (including phenoxy) is 1. The lowest BCUT2D eigenvalue weighted by Crippen LogP contribution is -2.30. The van der Waals surface area contributed by atoms with Crippen LogP contribution < -0.4 is 5.32 Å². The molecular weight excluding hydrogens is 150 g/mol. The lowest BCUT2D eigenvalue weighted by Gasteiger charge is -2.12. The van der Waals surface area contributed by atoms with Crippen LogP contribution in [0.15, 0.2) is 0 Å². The summed E-state index contributed by atoms with van der Waals surface area (Å²) in [7, 11) is 1.76. The zero-order chi connectivity index (χ0) is 8.97. The van der Waals surface area contributed by atoms with Crippen molar-refractivity contribution in [1.29, 1.82) is 0 Å². The number of rotatable bonds is 6. The van der Waals surface area contributed by atoms with E-state index in [1.807, 2.05) is 0 Å². The van der Waals surface area contributed by atoms with E-state index in [0.29, 0.717) is 6.04 Å². The Kier molecular flexibility index (Phi) is 4.02. The smallest absolute Gasteiger partial charge is 0.0476 e. The van der Waals surface area contributed by atoms with E-state index in [1.165, 1.54) is 12.8 Å². The van der Waals surface area contributed by atoms with Gasteiger partial charge in [0.2, 0.25) is 0 Å². The first-order valence-electron chi connectivity index (χ1n) is 5.03. The summed E-state index contributed by atoms with van der Waals surface area (Å²) in [6.45, 7) is 5.38. The third-order valence-electron chi connectivity index (χ3n) is 2.70. The van der Waals surface area contributed by atoms with E-state index in [4.69, 9.17) is 4.74 Å². The van der Waals surface area contributed by atoms with Crippen molar-refractivity contribution in [1.82, 2.24) is 5.32 Å². The number of methoxy groups -OCH3 is 1. The molecule has 1 N–H and O–H groups in total. The van der Waals surface area contributed by atoms with E-state index in [1.54, 1.807) is 7.11 Å². The molecule has 2 heteroatoms. The standard InChI is InChI=1S/C10H21NO/c1-4-9-7-10(9)11-8(2)5-6-12-3/h8-11H,4-7H2,1-3H3. The van der Waals surface area contributed by atoms with E-state index in [2.05, 4.69) is 19.2 Å². The second kappa shape index (κ2) is 4.83. The van der Waals surface area contributed by atoms with Gasteiger partial charge in [0.1, 0.15) is 0 Å². The fourth-order valence-electron chi connectivity index (χ4n) is 1.65. The van der Waals surface area contributed by atoms with Gasteiger partial charge in [-0.2, -0.15) is 0 Å². The third-order valence-corrected chi connectivity index (χ3v) is 2.70. The first-order valence-corrected chi connectivity index (χ1v) is 5.03. The molecule has 3 atom stereocenters. The van der Waals surface area contributed by atoms with Crippen LogP contribution in [0.25, 0.3) is 0 Å². The molecule has 0 aromatic heterocycles. The maximum absolute atomic E-state index is 5.03. The number of hydrogen-bond donors (Lipinski definition) is 1. The van der Waals surface area contributed by atoms with Crippen LogP contribution in [-0.4, -0.2) is 25.8 Å². The molecule has 12 heavy (non-hydrogen) atoms. The Morgan fingerprint density at radius 3 is 2.83 bits per heavy atom. The molecule has 1 aliphatic rings. The van der Waals surface area contributed by atoms with Crippen LogP contribution in [0.4, 0.5) is 0 Å². The minimum absolute atomic E-state index is 0.617. The molecule has 3 unspecified atom stereocenters. The first-order chi connectivity index (χ1) is 5.77. The SMILES string of the molecule is CCC1CC1NC(C)CCOC. The van der Waals surface area contributed by atoms with Crippen molar-refractivity contribution in [3.63, 3.8) is 0 Å². The van der Waals surface area contributed by atoms with Crippen molar-refractivity contribution >= 4 is 0 Å². The Morgan fingerprint density at radius 1 is 1.58 bits per heavy atom. The maximum Gasteiger partial charge on any atom is 0.0476 e. The molecule has 0 aromatic carbocycles. The summed E-state index contributed by atoms with van der Waals surface area (Å²) in [5, 5.41) is 3.61. The molecule has 72 valence electrons. The summed E-state index contributed by atoms with van der Waals surface area (Å²) in [5.41, 5.74) is 0. The molecular formula is C10H21NO. The van der Waals surface area contributed by atoms with Crippen LogP contribution in [0, 0.1) is 5.92 Å². The van der Waals surface area contributed by atoms with Crippen molar-refractivity contribution < 1.29 is 4.74 Å². The average molecular weight is 171 g/mol. The van der Waals surface area contributed by atoms with Crippen LogP contribution in [0.5, 0.6) is 0 Å². The molecule has 0 aromatic rings. The van der Waals surface area contributed by atoms with E-state index in [9.17, 15) is 0 Å². The largest absolute Gasteiger partial charge is 0.385 e. The molecule has 2 nitrogen and oxygen atoms in total. The highest BCUT2D eigenvalue weighted by atomic mass is 16.5. The fraction of sp³-hybridized carbons (Fsp3) is 1.00. The number of nitrogens with one attached hydrogen (secondary N) is 1. The van der Waals surface area contributed by atoms with Gasteiger partial charge in [0.25, 0.3) is 0 Å². The molecule has 1 saturated carbocycles. The summed E-state index contributed by atoms with van der Waals surface area (Å²) in [6.07, 6.45) is 3.84. The van der Waals surface area contributed by atoms with Gasteiger partial charge in [-0.25, -0.2) is 0 Å². The molecule has 1 rings (SSSR count). The van der Waals surface area contributed by atoms with Crippen molar-refractivity contribution in [2.24, 2.45) is 5.92 Å². The van der Waals surface area contributed by atoms with Crippen molar-refractivity contribution in [3.05, 3.63) is 0 Å². The Bertz CT molecular complexity index is 127. The minimum atomic E-state index is 0.617. The first kappa shape index (κ1) is 10.0. The predicted molar refractivity (Wildman–Crippen MR) is 51.3 cm³/mol. The molecule has 0 saturated heterocycles. The average Bonchev–Trinajstić information content (AvgIpc) is 2.80. The van der Waals surface area contributed by atoms with Gasteiger partial charge < -0.3 is 10.1 Å². The lowest BCUT2D eigenvalue weighted by molar-refractivity contribution is 0.184. The van der Waals surface area contributed by atoms with E-state index >= 15 is 0 Å². The Labute approximate surface area is 75.7 Å². The predicted octanol–water partition coefficient (Wildman–Crippen LogP) is 1.80. The van der Waals surface area contributed by atoms with Crippen LogP contribution in [0.1, 0.15) is 33.1 Å². The van der Waals surface area contributed by atoms with Crippen LogP contribution in [0.2, 0.25) is 0 Å². The van der Waals surface area contributed by atoms with Gasteiger partial charge in [-0.1, -0.05) is 13.3 Å². The highest BCUT2D eigenvalue weighted by molar-refractivity contribution is 4.93. The third kappa shape index (κ3) is 3.11. The second-order valence-corrected chi connectivity index (χ2v) is 3.86. The summed E-state index contributed by atoms with van der Waals surface area (Å²) >= 11 is 0. The molecule has 1 fully saturated rings. The van der Waals surface area contributed by atoms with Gasteiger partial charge in [-0.05, 0) is 25.7 Å². The zero-order valence-electron chi connectivity index (χ0n) is 8.47. The van der Waals surface area contributed by atoms with E-state index in [0.717, 1.165) is 25.0 Å². The molecule has 0 amide bonds. The van der Waals surface area contributed by atoms with Crippen LogP contribution in [0.3, 0.4) is 0 Å². The monoisotopic (exact) mass is 171 g/mol. The van der Waals surface area contributed by atoms with Crippen molar-refractivity contribution in [3.8, 4) is 0 Å². The van der Waals surface area contributed by atoms with Crippen molar-refractivity contribution in [2.45, 2.75) is 45.2 Å². The molecule has 0 aliphatic heterocycles. The maximum atomic E-state index is 5.03. The minimum Gasteiger partial charge on any atom is -0.385 e. The van der Waals surface area contributed by atoms with Crippen molar-refractivity contribution in [2.75, 3.05) is 13.7 Å². The zero-order valence-corrected chi connectivity index (χ0v) is 8.47. The van der Waals surface area contributed by atoms with Gasteiger partial charge in [-0.3, -0.25) is 0 Å². The summed E-state index contributed by atoms with van der Waals surface area (Å²) in [4.78, 5) is 0. The highest BCUT2D eigenvalue weighted by Gasteiger charge is 2.35. The van der Waals surface area contributed by atoms with Crippen LogP contribution >= 0.6 is 0 Å². The van der Waals surface area contributed by atoms with Gasteiger partial charge >= 0.3 is 0 Å². The molecule has 0 bridgehead atoms. The quantitative estimate of drug-likeness (QED) is 0.658. The fourth-order valence-corrected chi connectivity index (χ4v) is 1.65. The normalized spacial score (nSPS) is 30.2. The highest BCUT2D eigenvalue weighted by Crippen LogP contribution is 2.33. The number of hydrogen-bond acceptors (Lipinski definition) is 2. The molecule has 0 spiro atoms. The Balaban J connectivity index is 1.99.